The maximum atomic E-state index is 13.2. The maximum absolute atomic E-state index is 13.2. The lowest BCUT2D eigenvalue weighted by Gasteiger charge is -2.35. The van der Waals surface area contributed by atoms with Crippen LogP contribution in [0, 0.1) is 0 Å². The van der Waals surface area contributed by atoms with Crippen molar-refractivity contribution < 1.29 is 22.8 Å². The summed E-state index contributed by atoms with van der Waals surface area (Å²) in [7, 11) is 0. The highest BCUT2D eigenvalue weighted by Gasteiger charge is 2.37. The second kappa shape index (κ2) is 8.20. The van der Waals surface area contributed by atoms with Gasteiger partial charge in [0, 0.05) is 17.8 Å². The first-order chi connectivity index (χ1) is 13.0. The number of aryl methyl sites for hydroxylation is 1. The Bertz CT molecular complexity index is 865. The van der Waals surface area contributed by atoms with Crippen LogP contribution < -0.4 is 22.1 Å². The number of carbonyl (C=O) groups excluding carboxylic acids is 2. The molecule has 28 heavy (non-hydrogen) atoms. The Hall–Kier alpha value is -3.23. The zero-order chi connectivity index (χ0) is 21.1. The molecular weight excluding hydrogens is 373 g/mol. The van der Waals surface area contributed by atoms with Crippen molar-refractivity contribution in [3.8, 4) is 0 Å². The van der Waals surface area contributed by atoms with Crippen molar-refractivity contribution in [1.82, 2.24) is 0 Å². The molecule has 3 amide bonds. The summed E-state index contributed by atoms with van der Waals surface area (Å²) < 4.78 is 39.6. The van der Waals surface area contributed by atoms with Gasteiger partial charge in [-0.2, -0.15) is 13.2 Å². The maximum Gasteiger partial charge on any atom is 0.418 e. The summed E-state index contributed by atoms with van der Waals surface area (Å²) in [6, 6.07) is 10.4. The quantitative estimate of drug-likeness (QED) is 0.678. The van der Waals surface area contributed by atoms with E-state index in [0.29, 0.717) is 17.7 Å². The fraction of sp³-hybridized carbons (Fsp3) is 0.263. The molecule has 6 nitrogen and oxygen atoms in total. The Morgan fingerprint density at radius 1 is 1.11 bits per heavy atom. The van der Waals surface area contributed by atoms with Crippen LogP contribution in [-0.4, -0.2) is 11.9 Å². The molecule has 2 aromatic rings. The first-order valence-electron chi connectivity index (χ1n) is 8.44. The van der Waals surface area contributed by atoms with Gasteiger partial charge in [0.2, 0.25) is 5.91 Å². The Labute approximate surface area is 160 Å². The number of alkyl halides is 3. The Morgan fingerprint density at radius 2 is 1.68 bits per heavy atom. The molecule has 0 spiro atoms. The predicted molar refractivity (Wildman–Crippen MR) is 100 cm³/mol. The summed E-state index contributed by atoms with van der Waals surface area (Å²) >= 11 is 0. The highest BCUT2D eigenvalue weighted by molar-refractivity contribution is 5.97. The van der Waals surface area contributed by atoms with Crippen molar-refractivity contribution in [3.63, 3.8) is 0 Å². The summed E-state index contributed by atoms with van der Waals surface area (Å²) in [5.74, 6) is -0.184. The molecule has 6 N–H and O–H groups in total. The van der Waals surface area contributed by atoms with Crippen LogP contribution in [0.4, 0.5) is 29.3 Å². The van der Waals surface area contributed by atoms with Gasteiger partial charge in [0.15, 0.2) is 0 Å². The van der Waals surface area contributed by atoms with Crippen molar-refractivity contribution in [2.24, 2.45) is 11.5 Å². The van der Waals surface area contributed by atoms with Gasteiger partial charge in [0.25, 0.3) is 0 Å². The third-order valence-electron chi connectivity index (χ3n) is 4.36. The summed E-state index contributed by atoms with van der Waals surface area (Å²) in [5.41, 5.74) is 14.7. The number of fused-ring (bicyclic) bond motifs is 1. The molecule has 1 heterocycles. The van der Waals surface area contributed by atoms with E-state index in [4.69, 9.17) is 10.5 Å². The second-order valence-corrected chi connectivity index (χ2v) is 6.32. The van der Waals surface area contributed by atoms with E-state index in [2.05, 4.69) is 11.5 Å². The number of carbonyl (C=O) groups is 2. The summed E-state index contributed by atoms with van der Waals surface area (Å²) in [6.45, 7) is 1.81. The molecule has 0 radical (unpaired) electrons. The molecule has 1 atom stereocenters. The Kier molecular flexibility index (Phi) is 6.17. The molecule has 0 unspecified atom stereocenters. The molecule has 0 saturated heterocycles. The van der Waals surface area contributed by atoms with Gasteiger partial charge < -0.3 is 22.1 Å². The van der Waals surface area contributed by atoms with Crippen LogP contribution in [0.2, 0.25) is 0 Å². The molecule has 1 aliphatic heterocycles. The lowest BCUT2D eigenvalue weighted by Crippen LogP contribution is -2.37. The van der Waals surface area contributed by atoms with Crippen LogP contribution in [0.15, 0.2) is 42.5 Å². The van der Waals surface area contributed by atoms with Gasteiger partial charge in [-0.25, -0.2) is 4.79 Å². The normalized spacial score (nSPS) is 14.6. The van der Waals surface area contributed by atoms with Gasteiger partial charge in [-0.1, -0.05) is 30.3 Å². The lowest BCUT2D eigenvalue weighted by molar-refractivity contribution is -0.137. The van der Waals surface area contributed by atoms with Crippen molar-refractivity contribution >= 4 is 23.3 Å². The number of nitrogen functional groups attached to an aromatic ring is 1. The molecule has 3 rings (SSSR count). The molecule has 0 fully saturated rings. The first kappa shape index (κ1) is 21.1. The van der Waals surface area contributed by atoms with Gasteiger partial charge in [0.05, 0.1) is 11.6 Å². The van der Waals surface area contributed by atoms with Crippen LogP contribution >= 0.6 is 0 Å². The van der Waals surface area contributed by atoms with Gasteiger partial charge >= 0.3 is 12.2 Å². The number of hydrogen-bond acceptors (Lipinski definition) is 3. The van der Waals surface area contributed by atoms with Gasteiger partial charge in [-0.05, 0) is 36.6 Å². The Morgan fingerprint density at radius 3 is 2.21 bits per heavy atom. The number of rotatable bonds is 2. The largest absolute Gasteiger partial charge is 0.418 e. The van der Waals surface area contributed by atoms with E-state index in [1.165, 1.54) is 11.0 Å². The van der Waals surface area contributed by atoms with Crippen molar-refractivity contribution in [1.29, 1.82) is 0 Å². The van der Waals surface area contributed by atoms with Crippen LogP contribution in [0.25, 0.3) is 0 Å². The molecule has 0 aliphatic carbocycles. The second-order valence-electron chi connectivity index (χ2n) is 6.32. The van der Waals surface area contributed by atoms with E-state index in [1.807, 2.05) is 37.3 Å². The number of nitrogens with zero attached hydrogens (tertiary/aromatic N) is 1. The number of halogens is 3. The zero-order valence-electron chi connectivity index (χ0n) is 15.2. The number of nitrogens with two attached hydrogens (primary N) is 3. The van der Waals surface area contributed by atoms with E-state index >= 15 is 0 Å². The topological polar surface area (TPSA) is 115 Å². The van der Waals surface area contributed by atoms with E-state index in [1.54, 1.807) is 0 Å². The van der Waals surface area contributed by atoms with E-state index in [0.717, 1.165) is 11.6 Å². The number of amides is 3. The van der Waals surface area contributed by atoms with E-state index in [9.17, 15) is 18.0 Å². The fourth-order valence-electron chi connectivity index (χ4n) is 3.12. The van der Waals surface area contributed by atoms with Crippen LogP contribution in [0.1, 0.15) is 36.1 Å². The number of hydrogen-bond donors (Lipinski definition) is 3. The molecule has 0 aromatic heterocycles. The molecule has 150 valence electrons. The Balaban J connectivity index is 0.000000640. The smallest absolute Gasteiger partial charge is 0.398 e. The van der Waals surface area contributed by atoms with Gasteiger partial charge in [-0.15, -0.1) is 0 Å². The van der Waals surface area contributed by atoms with Gasteiger partial charge in [0.1, 0.15) is 0 Å². The highest BCUT2D eigenvalue weighted by atomic mass is 19.4. The SMILES string of the molecule is C[C@@H](c1ccccc1)N1C(=O)CCc2cc(N)c(C(F)(F)F)cc21.NC(N)=O. The first-order valence-corrected chi connectivity index (χ1v) is 8.44. The highest BCUT2D eigenvalue weighted by Crippen LogP contribution is 2.42. The van der Waals surface area contributed by atoms with Gasteiger partial charge in [-0.3, -0.25) is 4.79 Å². The summed E-state index contributed by atoms with van der Waals surface area (Å²) in [6.07, 6.45) is -3.90. The predicted octanol–water partition coefficient (Wildman–Crippen LogP) is 3.35. The number of urea groups is 1. The van der Waals surface area contributed by atoms with E-state index in [-0.39, 0.29) is 24.1 Å². The van der Waals surface area contributed by atoms with Crippen molar-refractivity contribution in [3.05, 3.63) is 59.2 Å². The number of benzene rings is 2. The molecule has 9 heteroatoms. The van der Waals surface area contributed by atoms with Crippen molar-refractivity contribution in [2.45, 2.75) is 32.0 Å². The molecule has 2 aromatic carbocycles. The minimum Gasteiger partial charge on any atom is -0.398 e. The molecule has 0 saturated carbocycles. The van der Waals surface area contributed by atoms with Crippen LogP contribution in [0.3, 0.4) is 0 Å². The minimum absolute atomic E-state index is 0.184. The summed E-state index contributed by atoms with van der Waals surface area (Å²) in [4.78, 5) is 22.9. The monoisotopic (exact) mass is 394 g/mol. The van der Waals surface area contributed by atoms with E-state index < -0.39 is 17.8 Å². The summed E-state index contributed by atoms with van der Waals surface area (Å²) in [5, 5.41) is 0. The fourth-order valence-corrected chi connectivity index (χ4v) is 3.12. The van der Waals surface area contributed by atoms with Crippen LogP contribution in [0.5, 0.6) is 0 Å². The minimum atomic E-state index is -4.55. The van der Waals surface area contributed by atoms with Crippen LogP contribution in [-0.2, 0) is 17.4 Å². The third-order valence-corrected chi connectivity index (χ3v) is 4.36. The zero-order valence-corrected chi connectivity index (χ0v) is 15.2. The molecular formula is C19H21F3N4O2. The standard InChI is InChI=1S/C18H17F3N2O.CH4N2O/c1-11(12-5-3-2-4-6-12)23-16-10-14(18(19,20)21)15(22)9-13(16)7-8-17(23)24;2-1(3)4/h2-6,9-11H,7-8,22H2,1H3;(H4,2,3,4)/t11-;/m0./s1. The average Bonchev–Trinajstić information content (AvgIpc) is 2.60. The number of primary amides is 2. The molecule has 1 aliphatic rings. The molecule has 0 bridgehead atoms. The lowest BCUT2D eigenvalue weighted by atomic mass is 9.94. The van der Waals surface area contributed by atoms with Crippen molar-refractivity contribution in [2.75, 3.05) is 10.6 Å². The average molecular weight is 394 g/mol. The third kappa shape index (κ3) is 4.73. The number of anilines is 2.